The summed E-state index contributed by atoms with van der Waals surface area (Å²) in [6, 6.07) is 4.25. The Bertz CT molecular complexity index is 244. The Hall–Kier alpha value is -1.25. The summed E-state index contributed by atoms with van der Waals surface area (Å²) in [5.74, 6) is 1.70. The number of aromatic nitrogens is 1. The van der Waals surface area contributed by atoms with Crippen LogP contribution in [0.1, 0.15) is 34.6 Å². The van der Waals surface area contributed by atoms with E-state index in [-0.39, 0.29) is 0 Å². The van der Waals surface area contributed by atoms with Crippen LogP contribution in [0, 0.1) is 0 Å². The van der Waals surface area contributed by atoms with Gasteiger partial charge < -0.3 is 10.1 Å². The highest BCUT2D eigenvalue weighted by molar-refractivity contribution is 5.37. The third kappa shape index (κ3) is 5.94. The van der Waals surface area contributed by atoms with Gasteiger partial charge in [0.25, 0.3) is 0 Å². The maximum absolute atomic E-state index is 5.28. The molecule has 0 aliphatic carbocycles. The zero-order valence-electron chi connectivity index (χ0n) is 10.4. The molecule has 15 heavy (non-hydrogen) atoms. The van der Waals surface area contributed by atoms with E-state index in [1.54, 1.807) is 6.20 Å². The van der Waals surface area contributed by atoms with Gasteiger partial charge in [0.05, 0.1) is 12.8 Å². The predicted molar refractivity (Wildman–Crippen MR) is 65.5 cm³/mol. The molecular formula is C12H22N2O. The highest BCUT2D eigenvalue weighted by Gasteiger charge is 1.96. The van der Waals surface area contributed by atoms with Gasteiger partial charge in [0.2, 0.25) is 0 Å². The molecule has 1 rings (SSSR count). The van der Waals surface area contributed by atoms with Gasteiger partial charge in [0.1, 0.15) is 11.6 Å². The SMILES string of the molecule is CC.CCOc1ccc(NC(C)C)nc1. The van der Waals surface area contributed by atoms with E-state index >= 15 is 0 Å². The molecule has 1 N–H and O–H groups in total. The molecule has 86 valence electrons. The zero-order chi connectivity index (χ0) is 11.7. The minimum Gasteiger partial charge on any atom is -0.492 e. The van der Waals surface area contributed by atoms with Crippen LogP contribution in [-0.4, -0.2) is 17.6 Å². The molecule has 0 spiro atoms. The lowest BCUT2D eigenvalue weighted by molar-refractivity contribution is 0.339. The smallest absolute Gasteiger partial charge is 0.137 e. The molecule has 0 saturated carbocycles. The second kappa shape index (κ2) is 8.09. The van der Waals surface area contributed by atoms with Gasteiger partial charge in [-0.1, -0.05) is 13.8 Å². The molecule has 1 aromatic rings. The van der Waals surface area contributed by atoms with Crippen LogP contribution < -0.4 is 10.1 Å². The van der Waals surface area contributed by atoms with Crippen LogP contribution in [0.15, 0.2) is 18.3 Å². The Labute approximate surface area is 92.9 Å². The third-order valence-corrected chi connectivity index (χ3v) is 1.48. The fourth-order valence-corrected chi connectivity index (χ4v) is 1.01. The summed E-state index contributed by atoms with van der Waals surface area (Å²) < 4.78 is 5.28. The van der Waals surface area contributed by atoms with Crippen molar-refractivity contribution in [3.63, 3.8) is 0 Å². The van der Waals surface area contributed by atoms with Crippen molar-refractivity contribution in [3.05, 3.63) is 18.3 Å². The summed E-state index contributed by atoms with van der Waals surface area (Å²) in [5.41, 5.74) is 0. The molecule has 0 saturated heterocycles. The highest BCUT2D eigenvalue weighted by Crippen LogP contribution is 2.12. The van der Waals surface area contributed by atoms with Crippen LogP contribution >= 0.6 is 0 Å². The van der Waals surface area contributed by atoms with E-state index in [0.29, 0.717) is 12.6 Å². The van der Waals surface area contributed by atoms with E-state index < -0.39 is 0 Å². The van der Waals surface area contributed by atoms with Gasteiger partial charge in [-0.15, -0.1) is 0 Å². The maximum atomic E-state index is 5.28. The number of nitrogens with zero attached hydrogens (tertiary/aromatic N) is 1. The number of anilines is 1. The number of hydrogen-bond donors (Lipinski definition) is 1. The monoisotopic (exact) mass is 210 g/mol. The Balaban J connectivity index is 0.000000921. The normalized spacial score (nSPS) is 9.20. The molecule has 0 radical (unpaired) electrons. The molecule has 3 heteroatoms. The number of ether oxygens (including phenoxy) is 1. The molecule has 1 aromatic heterocycles. The highest BCUT2D eigenvalue weighted by atomic mass is 16.5. The van der Waals surface area contributed by atoms with Gasteiger partial charge in [0, 0.05) is 6.04 Å². The quantitative estimate of drug-likeness (QED) is 0.827. The molecule has 0 amide bonds. The predicted octanol–water partition coefficient (Wildman–Crippen LogP) is 3.33. The van der Waals surface area contributed by atoms with Gasteiger partial charge >= 0.3 is 0 Å². The first kappa shape index (κ1) is 13.8. The van der Waals surface area contributed by atoms with Crippen LogP contribution in [-0.2, 0) is 0 Å². The lowest BCUT2D eigenvalue weighted by atomic mass is 10.3. The number of pyridine rings is 1. The van der Waals surface area contributed by atoms with Crippen molar-refractivity contribution in [2.24, 2.45) is 0 Å². The van der Waals surface area contributed by atoms with Crippen molar-refractivity contribution < 1.29 is 4.74 Å². The minimum atomic E-state index is 0.408. The van der Waals surface area contributed by atoms with E-state index in [1.807, 2.05) is 32.9 Å². The average Bonchev–Trinajstić information content (AvgIpc) is 2.24. The first-order valence-electron chi connectivity index (χ1n) is 5.57. The Kier molecular flexibility index (Phi) is 7.42. The van der Waals surface area contributed by atoms with Crippen molar-refractivity contribution >= 4 is 5.82 Å². The second-order valence-electron chi connectivity index (χ2n) is 3.11. The Morgan fingerprint density at radius 1 is 1.33 bits per heavy atom. The topological polar surface area (TPSA) is 34.1 Å². The second-order valence-corrected chi connectivity index (χ2v) is 3.11. The molecule has 0 fully saturated rings. The Morgan fingerprint density at radius 3 is 2.40 bits per heavy atom. The van der Waals surface area contributed by atoms with E-state index in [9.17, 15) is 0 Å². The van der Waals surface area contributed by atoms with Crippen LogP contribution in [0.4, 0.5) is 5.82 Å². The average molecular weight is 210 g/mol. The van der Waals surface area contributed by atoms with Gasteiger partial charge in [-0.3, -0.25) is 0 Å². The molecular weight excluding hydrogens is 188 g/mol. The van der Waals surface area contributed by atoms with E-state index in [2.05, 4.69) is 24.1 Å². The lowest BCUT2D eigenvalue weighted by Crippen LogP contribution is -2.10. The molecule has 0 aliphatic heterocycles. The van der Waals surface area contributed by atoms with Gasteiger partial charge in [-0.05, 0) is 32.9 Å². The van der Waals surface area contributed by atoms with E-state index in [0.717, 1.165) is 11.6 Å². The lowest BCUT2D eigenvalue weighted by Gasteiger charge is -2.09. The number of rotatable bonds is 4. The minimum absolute atomic E-state index is 0.408. The zero-order valence-corrected chi connectivity index (χ0v) is 10.4. The molecule has 0 aliphatic rings. The molecule has 0 bridgehead atoms. The molecule has 0 unspecified atom stereocenters. The fourth-order valence-electron chi connectivity index (χ4n) is 1.01. The van der Waals surface area contributed by atoms with E-state index in [1.165, 1.54) is 0 Å². The summed E-state index contributed by atoms with van der Waals surface area (Å²) in [6.07, 6.45) is 1.73. The van der Waals surface area contributed by atoms with Crippen molar-refractivity contribution in [3.8, 4) is 5.75 Å². The molecule has 0 aromatic carbocycles. The van der Waals surface area contributed by atoms with Crippen LogP contribution in [0.5, 0.6) is 5.75 Å². The van der Waals surface area contributed by atoms with Crippen molar-refractivity contribution in [2.75, 3.05) is 11.9 Å². The van der Waals surface area contributed by atoms with Gasteiger partial charge in [-0.25, -0.2) is 4.98 Å². The van der Waals surface area contributed by atoms with Crippen LogP contribution in [0.2, 0.25) is 0 Å². The largest absolute Gasteiger partial charge is 0.492 e. The summed E-state index contributed by atoms with van der Waals surface area (Å²) in [5, 5.41) is 3.21. The van der Waals surface area contributed by atoms with Gasteiger partial charge in [0.15, 0.2) is 0 Å². The third-order valence-electron chi connectivity index (χ3n) is 1.48. The molecule has 0 atom stereocenters. The maximum Gasteiger partial charge on any atom is 0.137 e. The summed E-state index contributed by atoms with van der Waals surface area (Å²) in [4.78, 5) is 4.20. The van der Waals surface area contributed by atoms with Gasteiger partial charge in [-0.2, -0.15) is 0 Å². The standard InChI is InChI=1S/C10H16N2O.C2H6/c1-4-13-9-5-6-10(11-7-9)12-8(2)3;1-2/h5-8H,4H2,1-3H3,(H,11,12);1-2H3. The number of hydrogen-bond acceptors (Lipinski definition) is 3. The van der Waals surface area contributed by atoms with Crippen molar-refractivity contribution in [1.82, 2.24) is 4.98 Å². The first-order chi connectivity index (χ1) is 7.22. The number of nitrogens with one attached hydrogen (secondary N) is 1. The summed E-state index contributed by atoms with van der Waals surface area (Å²) in [7, 11) is 0. The Morgan fingerprint density at radius 2 is 2.00 bits per heavy atom. The first-order valence-corrected chi connectivity index (χ1v) is 5.57. The van der Waals surface area contributed by atoms with E-state index in [4.69, 9.17) is 4.74 Å². The molecule has 3 nitrogen and oxygen atoms in total. The fraction of sp³-hybridized carbons (Fsp3) is 0.583. The van der Waals surface area contributed by atoms with Crippen molar-refractivity contribution in [1.29, 1.82) is 0 Å². The van der Waals surface area contributed by atoms with Crippen LogP contribution in [0.3, 0.4) is 0 Å². The summed E-state index contributed by atoms with van der Waals surface area (Å²) in [6.45, 7) is 10.8. The molecule has 1 heterocycles. The van der Waals surface area contributed by atoms with Crippen molar-refractivity contribution in [2.45, 2.75) is 40.7 Å². The summed E-state index contributed by atoms with van der Waals surface area (Å²) >= 11 is 0. The van der Waals surface area contributed by atoms with Crippen LogP contribution in [0.25, 0.3) is 0 Å².